The summed E-state index contributed by atoms with van der Waals surface area (Å²) >= 11 is 1.68. The van der Waals surface area contributed by atoms with Crippen LogP contribution < -0.4 is 11.1 Å². The van der Waals surface area contributed by atoms with Gasteiger partial charge in [0.25, 0.3) is 0 Å². The molecule has 1 heterocycles. The highest BCUT2D eigenvalue weighted by atomic mass is 35.5. The largest absolute Gasteiger partial charge is 0.344 e. The quantitative estimate of drug-likeness (QED) is 0.666. The molecule has 0 bridgehead atoms. The fourth-order valence-electron chi connectivity index (χ4n) is 3.06. The van der Waals surface area contributed by atoms with Gasteiger partial charge in [-0.1, -0.05) is 25.7 Å². The molecule has 0 saturated heterocycles. The van der Waals surface area contributed by atoms with E-state index >= 15 is 0 Å². The van der Waals surface area contributed by atoms with Crippen LogP contribution in [0.1, 0.15) is 68.5 Å². The van der Waals surface area contributed by atoms with Crippen molar-refractivity contribution in [2.24, 2.45) is 5.73 Å². The molecule has 1 fully saturated rings. The molecule has 0 radical (unpaired) electrons. The van der Waals surface area contributed by atoms with E-state index in [0.29, 0.717) is 6.42 Å². The molecule has 7 heteroatoms. The maximum Gasteiger partial charge on any atom is 0.220 e. The van der Waals surface area contributed by atoms with Gasteiger partial charge < -0.3 is 11.1 Å². The Morgan fingerprint density at radius 2 is 1.91 bits per heavy atom. The predicted molar refractivity (Wildman–Crippen MR) is 102 cm³/mol. The van der Waals surface area contributed by atoms with Crippen LogP contribution in [0, 0.1) is 6.92 Å². The lowest BCUT2D eigenvalue weighted by atomic mass is 9.98. The summed E-state index contributed by atoms with van der Waals surface area (Å²) in [6, 6.07) is 0. The monoisotopic (exact) mass is 381 g/mol. The van der Waals surface area contributed by atoms with Crippen molar-refractivity contribution in [3.63, 3.8) is 0 Å². The number of unbranched alkanes of at least 4 members (excludes halogenated alkanes) is 3. The second-order valence-electron chi connectivity index (χ2n) is 6.08. The number of rotatable bonds is 8. The third kappa shape index (κ3) is 6.57. The van der Waals surface area contributed by atoms with Gasteiger partial charge in [0.15, 0.2) is 0 Å². The summed E-state index contributed by atoms with van der Waals surface area (Å²) in [6.45, 7) is 2.76. The summed E-state index contributed by atoms with van der Waals surface area (Å²) in [7, 11) is 0. The Morgan fingerprint density at radius 3 is 2.48 bits per heavy atom. The number of aryl methyl sites for hydroxylation is 1. The van der Waals surface area contributed by atoms with Crippen LogP contribution in [0.2, 0.25) is 0 Å². The zero-order chi connectivity index (χ0) is 15.1. The smallest absolute Gasteiger partial charge is 0.220 e. The molecule has 1 aliphatic rings. The van der Waals surface area contributed by atoms with Crippen molar-refractivity contribution in [2.75, 3.05) is 6.54 Å². The highest BCUT2D eigenvalue weighted by molar-refractivity contribution is 7.09. The molecule has 1 aliphatic carbocycles. The van der Waals surface area contributed by atoms with Crippen LogP contribution in [0.3, 0.4) is 0 Å². The Morgan fingerprint density at radius 1 is 1.26 bits per heavy atom. The summed E-state index contributed by atoms with van der Waals surface area (Å²) in [6.07, 6.45) is 9.26. The van der Waals surface area contributed by atoms with Crippen LogP contribution >= 0.6 is 36.2 Å². The van der Waals surface area contributed by atoms with E-state index in [9.17, 15) is 4.79 Å². The average molecular weight is 382 g/mol. The number of hydrogen-bond donors (Lipinski definition) is 2. The number of carbonyl (C=O) groups is 1. The number of aromatic nitrogens is 1. The van der Waals surface area contributed by atoms with Crippen LogP contribution in [0.15, 0.2) is 5.38 Å². The van der Waals surface area contributed by atoms with Crippen LogP contribution in [0.5, 0.6) is 0 Å². The first-order valence-electron chi connectivity index (χ1n) is 8.10. The van der Waals surface area contributed by atoms with Crippen molar-refractivity contribution < 1.29 is 4.79 Å². The zero-order valence-corrected chi connectivity index (χ0v) is 16.3. The lowest BCUT2D eigenvalue weighted by Gasteiger charge is -2.28. The van der Waals surface area contributed by atoms with Gasteiger partial charge in [-0.25, -0.2) is 4.98 Å². The molecule has 23 heavy (non-hydrogen) atoms. The Labute approximate surface area is 155 Å². The molecular weight excluding hydrogens is 353 g/mol. The first kappa shape index (κ1) is 22.6. The minimum Gasteiger partial charge on any atom is -0.344 e. The van der Waals surface area contributed by atoms with Crippen molar-refractivity contribution >= 4 is 42.1 Å². The van der Waals surface area contributed by atoms with Gasteiger partial charge in [0, 0.05) is 17.5 Å². The molecule has 1 amide bonds. The van der Waals surface area contributed by atoms with E-state index in [1.807, 2.05) is 6.92 Å². The van der Waals surface area contributed by atoms with Crippen LogP contribution in [0.4, 0.5) is 0 Å². The first-order valence-corrected chi connectivity index (χ1v) is 8.98. The summed E-state index contributed by atoms with van der Waals surface area (Å²) in [5.74, 6) is 0.178. The van der Waals surface area contributed by atoms with Gasteiger partial charge in [0.2, 0.25) is 5.91 Å². The topological polar surface area (TPSA) is 68.0 Å². The third-order valence-electron chi connectivity index (χ3n) is 4.22. The number of carbonyl (C=O) groups excluding carboxylic acids is 1. The van der Waals surface area contributed by atoms with E-state index in [-0.39, 0.29) is 36.3 Å². The molecule has 0 atom stereocenters. The van der Waals surface area contributed by atoms with Crippen molar-refractivity contribution in [2.45, 2.75) is 70.3 Å². The minimum atomic E-state index is -0.187. The standard InChI is InChI=1S/C16H27N3OS.2ClH/c1-13-12-21-15(18-13)16(9-5-6-10-16)19-14(20)8-4-2-3-7-11-17;;/h12H,2-11,17H2,1H3,(H,19,20);2*1H. The second kappa shape index (κ2) is 11.2. The van der Waals surface area contributed by atoms with E-state index in [1.165, 1.54) is 12.8 Å². The van der Waals surface area contributed by atoms with Gasteiger partial charge in [-0.2, -0.15) is 0 Å². The Kier molecular flexibility index (Phi) is 11.1. The van der Waals surface area contributed by atoms with Gasteiger partial charge in [-0.3, -0.25) is 4.79 Å². The van der Waals surface area contributed by atoms with Crippen molar-refractivity contribution in [1.29, 1.82) is 0 Å². The molecule has 134 valence electrons. The number of nitrogens with zero attached hydrogens (tertiary/aromatic N) is 1. The Balaban J connectivity index is 0.00000242. The Bertz CT molecular complexity index is 462. The van der Waals surface area contributed by atoms with Gasteiger partial charge in [0.1, 0.15) is 5.01 Å². The lowest BCUT2D eigenvalue weighted by Crippen LogP contribution is -2.43. The van der Waals surface area contributed by atoms with Gasteiger partial charge >= 0.3 is 0 Å². The molecule has 1 aromatic heterocycles. The first-order chi connectivity index (χ1) is 10.2. The van der Waals surface area contributed by atoms with Crippen LogP contribution in [0.25, 0.3) is 0 Å². The van der Waals surface area contributed by atoms with E-state index in [1.54, 1.807) is 11.3 Å². The SMILES string of the molecule is Cc1csc(C2(NC(=O)CCCCCCN)CCCC2)n1.Cl.Cl. The molecule has 0 unspecified atom stereocenters. The van der Waals surface area contributed by atoms with Gasteiger partial charge in [0.05, 0.1) is 5.54 Å². The van der Waals surface area contributed by atoms with Gasteiger partial charge in [-0.15, -0.1) is 36.2 Å². The fraction of sp³-hybridized carbons (Fsp3) is 0.750. The summed E-state index contributed by atoms with van der Waals surface area (Å²) < 4.78 is 0. The molecule has 4 nitrogen and oxygen atoms in total. The summed E-state index contributed by atoms with van der Waals surface area (Å²) in [5, 5.41) is 6.47. The second-order valence-corrected chi connectivity index (χ2v) is 6.94. The molecule has 3 N–H and O–H groups in total. The van der Waals surface area contributed by atoms with Gasteiger partial charge in [-0.05, 0) is 39.2 Å². The minimum absolute atomic E-state index is 0. The van der Waals surface area contributed by atoms with E-state index < -0.39 is 0 Å². The molecular formula is C16H29Cl2N3OS. The number of hydrogen-bond acceptors (Lipinski definition) is 4. The molecule has 0 spiro atoms. The fourth-order valence-corrected chi connectivity index (χ4v) is 4.07. The van der Waals surface area contributed by atoms with E-state index in [2.05, 4.69) is 15.7 Å². The van der Waals surface area contributed by atoms with Crippen LogP contribution in [-0.2, 0) is 10.3 Å². The third-order valence-corrected chi connectivity index (χ3v) is 5.39. The maximum atomic E-state index is 12.3. The highest BCUT2D eigenvalue weighted by Crippen LogP contribution is 2.40. The predicted octanol–water partition coefficient (Wildman–Crippen LogP) is 4.09. The number of nitrogens with one attached hydrogen (secondary N) is 1. The normalized spacial score (nSPS) is 15.6. The van der Waals surface area contributed by atoms with Crippen LogP contribution in [-0.4, -0.2) is 17.4 Å². The van der Waals surface area contributed by atoms with Crippen molar-refractivity contribution in [3.05, 3.63) is 16.1 Å². The summed E-state index contributed by atoms with van der Waals surface area (Å²) in [5.41, 5.74) is 6.34. The number of amides is 1. The molecule has 2 rings (SSSR count). The van der Waals surface area contributed by atoms with E-state index in [0.717, 1.165) is 55.8 Å². The number of halogens is 2. The number of thiazole rings is 1. The van der Waals surface area contributed by atoms with Crippen molar-refractivity contribution in [1.82, 2.24) is 10.3 Å². The molecule has 1 saturated carbocycles. The lowest BCUT2D eigenvalue weighted by molar-refractivity contribution is -0.123. The molecule has 0 aliphatic heterocycles. The highest BCUT2D eigenvalue weighted by Gasteiger charge is 2.39. The maximum absolute atomic E-state index is 12.3. The Hall–Kier alpha value is -0.360. The average Bonchev–Trinajstić information content (AvgIpc) is 3.08. The number of nitrogens with two attached hydrogens (primary N) is 1. The summed E-state index contributed by atoms with van der Waals surface area (Å²) in [4.78, 5) is 16.9. The van der Waals surface area contributed by atoms with Crippen molar-refractivity contribution in [3.8, 4) is 0 Å². The van der Waals surface area contributed by atoms with E-state index in [4.69, 9.17) is 5.73 Å². The molecule has 0 aromatic carbocycles. The molecule has 1 aromatic rings. The zero-order valence-electron chi connectivity index (χ0n) is 13.8.